The Balaban J connectivity index is 0.766. The molecular weight excluding hydrogens is 797 g/mol. The number of hydrogen-bond acceptors (Lipinski definition) is 10. The van der Waals surface area contributed by atoms with Crippen LogP contribution in [0.25, 0.3) is 21.5 Å². The Morgan fingerprint density at radius 2 is 1.00 bits per heavy atom. The van der Waals surface area contributed by atoms with Crippen molar-refractivity contribution in [1.82, 2.24) is 0 Å². The monoisotopic (exact) mass is 866 g/mol. The van der Waals surface area contributed by atoms with E-state index >= 15 is 0 Å². The molecule has 2 heterocycles. The quantitative estimate of drug-likeness (QED) is 0.0447. The first kappa shape index (κ1) is 46.8. The van der Waals surface area contributed by atoms with Gasteiger partial charge >= 0.3 is 11.9 Å². The van der Waals surface area contributed by atoms with Crippen molar-refractivity contribution in [1.29, 1.82) is 0 Å². The van der Waals surface area contributed by atoms with Gasteiger partial charge in [-0.15, -0.1) is 0 Å². The molecule has 342 valence electrons. The van der Waals surface area contributed by atoms with E-state index in [-0.39, 0.29) is 40.9 Å². The van der Waals surface area contributed by atoms with Gasteiger partial charge in [-0.3, -0.25) is 0 Å². The highest BCUT2D eigenvalue weighted by Gasteiger charge is 2.38. The normalized spacial score (nSPS) is 20.1. The summed E-state index contributed by atoms with van der Waals surface area (Å²) in [5.41, 5.74) is 1.56. The highest BCUT2D eigenvalue weighted by Crippen LogP contribution is 2.34. The van der Waals surface area contributed by atoms with Crippen LogP contribution in [-0.4, -0.2) is 90.2 Å². The van der Waals surface area contributed by atoms with E-state index in [4.69, 9.17) is 37.9 Å². The third kappa shape index (κ3) is 13.2. The second-order valence-corrected chi connectivity index (χ2v) is 18.5. The number of fused-ring (bicyclic) bond motifs is 2. The zero-order chi connectivity index (χ0) is 43.9. The Kier molecular flexibility index (Phi) is 17.2. The minimum absolute atomic E-state index is 0.0462. The van der Waals surface area contributed by atoms with E-state index in [1.54, 1.807) is 0 Å². The molecule has 7 rings (SSSR count). The number of ether oxygens (including phenoxy) is 8. The minimum atomic E-state index is -0.335. The first-order valence-corrected chi connectivity index (χ1v) is 23.8. The molecule has 1 aliphatic carbocycles. The van der Waals surface area contributed by atoms with Gasteiger partial charge in [-0.05, 0) is 147 Å². The van der Waals surface area contributed by atoms with E-state index in [9.17, 15) is 9.59 Å². The van der Waals surface area contributed by atoms with Gasteiger partial charge in [-0.25, -0.2) is 9.59 Å². The fraction of sp³-hybridized carbons (Fsp3) is 0.585. The topological polar surface area (TPSA) is 108 Å². The molecule has 2 saturated heterocycles. The summed E-state index contributed by atoms with van der Waals surface area (Å²) < 4.78 is 46.7. The van der Waals surface area contributed by atoms with E-state index in [0.29, 0.717) is 43.6 Å². The number of carbonyl (C=O) groups is 2. The molecule has 0 unspecified atom stereocenters. The van der Waals surface area contributed by atoms with Gasteiger partial charge < -0.3 is 37.9 Å². The van der Waals surface area contributed by atoms with Gasteiger partial charge in [0, 0.05) is 24.0 Å². The van der Waals surface area contributed by atoms with Crippen LogP contribution in [0.3, 0.4) is 0 Å². The van der Waals surface area contributed by atoms with Crippen LogP contribution in [0.1, 0.15) is 125 Å². The first-order chi connectivity index (χ1) is 30.8. The Labute approximate surface area is 374 Å². The molecule has 0 aromatic heterocycles. The van der Waals surface area contributed by atoms with Crippen LogP contribution < -0.4 is 9.47 Å². The summed E-state index contributed by atoms with van der Waals surface area (Å²) in [7, 11) is 0. The van der Waals surface area contributed by atoms with Crippen LogP contribution in [0.4, 0.5) is 0 Å². The lowest BCUT2D eigenvalue weighted by molar-refractivity contribution is -0.150. The first-order valence-electron chi connectivity index (χ1n) is 23.8. The molecule has 2 aliphatic heterocycles. The van der Waals surface area contributed by atoms with Gasteiger partial charge in [0.15, 0.2) is 0 Å². The van der Waals surface area contributed by atoms with E-state index in [0.717, 1.165) is 150 Å². The number of carbonyl (C=O) groups excluding carboxylic acids is 2. The third-order valence-electron chi connectivity index (χ3n) is 13.5. The molecule has 0 radical (unpaired) electrons. The molecule has 3 fully saturated rings. The number of hydrogen-bond donors (Lipinski definition) is 0. The summed E-state index contributed by atoms with van der Waals surface area (Å²) in [4.78, 5) is 26.6. The average Bonchev–Trinajstić information content (AvgIpc) is 3.27. The fourth-order valence-corrected chi connectivity index (χ4v) is 8.74. The number of benzene rings is 4. The summed E-state index contributed by atoms with van der Waals surface area (Å²) >= 11 is 0. The zero-order valence-electron chi connectivity index (χ0n) is 38.0. The van der Waals surface area contributed by atoms with Crippen molar-refractivity contribution < 1.29 is 47.5 Å². The van der Waals surface area contributed by atoms with Crippen molar-refractivity contribution in [3.8, 4) is 11.5 Å². The van der Waals surface area contributed by atoms with Gasteiger partial charge in [0.25, 0.3) is 0 Å². The molecule has 3 aliphatic rings. The average molecular weight is 867 g/mol. The summed E-state index contributed by atoms with van der Waals surface area (Å²) in [6.45, 7) is 14.4. The van der Waals surface area contributed by atoms with Crippen LogP contribution in [0.15, 0.2) is 72.8 Å². The third-order valence-corrected chi connectivity index (χ3v) is 13.5. The summed E-state index contributed by atoms with van der Waals surface area (Å²) in [6, 6.07) is 23.3. The molecule has 10 heteroatoms. The van der Waals surface area contributed by atoms with E-state index in [1.165, 1.54) is 0 Å². The van der Waals surface area contributed by atoms with Crippen LogP contribution in [0, 0.1) is 16.7 Å². The maximum Gasteiger partial charge on any atom is 0.338 e. The molecule has 63 heavy (non-hydrogen) atoms. The van der Waals surface area contributed by atoms with Crippen LogP contribution >= 0.6 is 0 Å². The van der Waals surface area contributed by atoms with Crippen molar-refractivity contribution in [2.24, 2.45) is 16.7 Å². The molecule has 0 bridgehead atoms. The van der Waals surface area contributed by atoms with Crippen LogP contribution in [0.5, 0.6) is 11.5 Å². The van der Waals surface area contributed by atoms with E-state index in [2.05, 4.69) is 20.8 Å². The Hall–Kier alpha value is -4.22. The maximum atomic E-state index is 13.3. The molecule has 1 saturated carbocycles. The Bertz CT molecular complexity index is 2060. The van der Waals surface area contributed by atoms with Crippen molar-refractivity contribution in [2.45, 2.75) is 116 Å². The predicted molar refractivity (Wildman–Crippen MR) is 246 cm³/mol. The molecule has 4 aromatic carbocycles. The number of unbranched alkanes of at least 4 members (excludes halogenated alkanes) is 6. The molecule has 3 atom stereocenters. The Morgan fingerprint density at radius 1 is 0.556 bits per heavy atom. The standard InChI is InChI=1S/C53H70O10/c1-4-52(35-58-36-52)33-56-24-10-6-8-12-26-60-46-20-18-40-29-44(16-14-42(40)31-46)50(54)62-48-22-23-49(39(3)28-48)63-51(55)45-17-15-43-32-47(21-19-41(43)30-45)61-27-13-9-7-11-25-57-34-53(5-2)37-59-38-53/h14-21,29-32,39,48-49H,4-13,22-28,33-38H2,1-3H3/t39-,48-,49-/m0/s1. The minimum Gasteiger partial charge on any atom is -0.494 e. The molecule has 4 aromatic rings. The van der Waals surface area contributed by atoms with Gasteiger partial charge in [-0.1, -0.05) is 57.9 Å². The van der Waals surface area contributed by atoms with Crippen LogP contribution in [-0.2, 0) is 28.4 Å². The van der Waals surface area contributed by atoms with Gasteiger partial charge in [0.05, 0.1) is 64.0 Å². The molecule has 0 N–H and O–H groups in total. The Morgan fingerprint density at radius 3 is 1.44 bits per heavy atom. The lowest BCUT2D eigenvalue weighted by Gasteiger charge is -2.40. The summed E-state index contributed by atoms with van der Waals surface area (Å²) in [6.07, 6.45) is 12.2. The molecule has 0 amide bonds. The summed E-state index contributed by atoms with van der Waals surface area (Å²) in [5.74, 6) is 1.04. The fourth-order valence-electron chi connectivity index (χ4n) is 8.74. The smallest absolute Gasteiger partial charge is 0.338 e. The lowest BCUT2D eigenvalue weighted by Crippen LogP contribution is -2.45. The van der Waals surface area contributed by atoms with Crippen molar-refractivity contribution in [3.05, 3.63) is 83.9 Å². The van der Waals surface area contributed by atoms with Gasteiger partial charge in [-0.2, -0.15) is 0 Å². The second-order valence-electron chi connectivity index (χ2n) is 18.5. The molecule has 10 nitrogen and oxygen atoms in total. The maximum absolute atomic E-state index is 13.3. The van der Waals surface area contributed by atoms with E-state index < -0.39 is 0 Å². The van der Waals surface area contributed by atoms with Gasteiger partial charge in [0.1, 0.15) is 23.7 Å². The highest BCUT2D eigenvalue weighted by atomic mass is 16.6. The number of esters is 2. The highest BCUT2D eigenvalue weighted by molar-refractivity contribution is 5.96. The number of rotatable bonds is 26. The van der Waals surface area contributed by atoms with Crippen molar-refractivity contribution in [2.75, 3.05) is 66.1 Å². The zero-order valence-corrected chi connectivity index (χ0v) is 38.0. The molecule has 0 spiro atoms. The summed E-state index contributed by atoms with van der Waals surface area (Å²) in [5, 5.41) is 3.94. The lowest BCUT2D eigenvalue weighted by atomic mass is 9.84. The predicted octanol–water partition coefficient (Wildman–Crippen LogP) is 11.3. The largest absolute Gasteiger partial charge is 0.494 e. The molecular formula is C53H70O10. The van der Waals surface area contributed by atoms with Crippen LogP contribution in [0.2, 0.25) is 0 Å². The van der Waals surface area contributed by atoms with Crippen molar-refractivity contribution in [3.63, 3.8) is 0 Å². The van der Waals surface area contributed by atoms with E-state index in [1.807, 2.05) is 72.8 Å². The van der Waals surface area contributed by atoms with Gasteiger partial charge in [0.2, 0.25) is 0 Å². The second kappa shape index (κ2) is 23.1. The van der Waals surface area contributed by atoms with Crippen molar-refractivity contribution >= 4 is 33.5 Å². The SMILES string of the molecule is CCC1(COCCCCCCOc2ccc3cc(C(=O)O[C@H]4CC[C@H](OC(=O)c5ccc6cc(OCCCCCCOCC7(CC)COC7)ccc6c5)[C@@H](C)C4)ccc3c2)COC1.